The van der Waals surface area contributed by atoms with Crippen LogP contribution in [0.2, 0.25) is 0 Å². The molecule has 1 aromatic rings. The second-order valence-electron chi connectivity index (χ2n) is 3.71. The van der Waals surface area contributed by atoms with Crippen molar-refractivity contribution in [3.8, 4) is 0 Å². The van der Waals surface area contributed by atoms with E-state index in [1.54, 1.807) is 18.3 Å². The van der Waals surface area contributed by atoms with Gasteiger partial charge >= 0.3 is 0 Å². The first-order chi connectivity index (χ1) is 7.75. The molecule has 2 rings (SSSR count). The van der Waals surface area contributed by atoms with Gasteiger partial charge in [0.1, 0.15) is 4.60 Å². The first-order valence-corrected chi connectivity index (χ1v) is 6.06. The molecule has 1 fully saturated rings. The van der Waals surface area contributed by atoms with E-state index in [4.69, 9.17) is 4.74 Å². The molecule has 1 aliphatic heterocycles. The first-order valence-electron chi connectivity index (χ1n) is 5.27. The van der Waals surface area contributed by atoms with Crippen molar-refractivity contribution < 1.29 is 9.53 Å². The fourth-order valence-corrected chi connectivity index (χ4v) is 2.02. The highest BCUT2D eigenvalue weighted by molar-refractivity contribution is 9.10. The molecule has 0 radical (unpaired) electrons. The minimum Gasteiger partial charge on any atom is -0.376 e. The van der Waals surface area contributed by atoms with Crippen molar-refractivity contribution in [1.82, 2.24) is 10.3 Å². The summed E-state index contributed by atoms with van der Waals surface area (Å²) in [7, 11) is 0. The average molecular weight is 285 g/mol. The number of nitrogens with one attached hydrogen (secondary N) is 1. The number of halogens is 1. The van der Waals surface area contributed by atoms with Crippen molar-refractivity contribution in [2.24, 2.45) is 0 Å². The summed E-state index contributed by atoms with van der Waals surface area (Å²) in [6, 6.07) is 3.39. The van der Waals surface area contributed by atoms with E-state index in [0.717, 1.165) is 19.4 Å². The lowest BCUT2D eigenvalue weighted by atomic mass is 10.2. The highest BCUT2D eigenvalue weighted by Crippen LogP contribution is 2.11. The summed E-state index contributed by atoms with van der Waals surface area (Å²) in [5, 5.41) is 2.86. The number of ether oxygens (including phenoxy) is 1. The van der Waals surface area contributed by atoms with Gasteiger partial charge < -0.3 is 10.1 Å². The maximum atomic E-state index is 11.7. The minimum atomic E-state index is -0.0846. The van der Waals surface area contributed by atoms with E-state index < -0.39 is 0 Å². The number of nitrogens with zero attached hydrogens (tertiary/aromatic N) is 1. The Hall–Kier alpha value is -0.940. The summed E-state index contributed by atoms with van der Waals surface area (Å²) in [5.41, 5.74) is 0.611. The number of carbonyl (C=O) groups is 1. The van der Waals surface area contributed by atoms with Crippen LogP contribution in [0.1, 0.15) is 23.2 Å². The Morgan fingerprint density at radius 2 is 2.56 bits per heavy atom. The van der Waals surface area contributed by atoms with Crippen molar-refractivity contribution in [2.45, 2.75) is 18.9 Å². The lowest BCUT2D eigenvalue weighted by Crippen LogP contribution is -2.31. The van der Waals surface area contributed by atoms with E-state index >= 15 is 0 Å². The monoisotopic (exact) mass is 284 g/mol. The highest BCUT2D eigenvalue weighted by Gasteiger charge is 2.16. The molecule has 4 nitrogen and oxygen atoms in total. The minimum absolute atomic E-state index is 0.0846. The molecule has 1 aromatic heterocycles. The Balaban J connectivity index is 1.87. The molecule has 1 amide bonds. The number of pyridine rings is 1. The van der Waals surface area contributed by atoms with Gasteiger partial charge in [-0.05, 0) is 40.9 Å². The predicted molar refractivity (Wildman–Crippen MR) is 63.2 cm³/mol. The molecule has 0 aliphatic carbocycles. The summed E-state index contributed by atoms with van der Waals surface area (Å²) < 4.78 is 6.09. The molecule has 16 heavy (non-hydrogen) atoms. The Kier molecular flexibility index (Phi) is 3.90. The van der Waals surface area contributed by atoms with Crippen LogP contribution >= 0.6 is 15.9 Å². The van der Waals surface area contributed by atoms with Crippen molar-refractivity contribution in [2.75, 3.05) is 13.2 Å². The van der Waals surface area contributed by atoms with Crippen LogP contribution in [0.3, 0.4) is 0 Å². The molecule has 0 bridgehead atoms. The quantitative estimate of drug-likeness (QED) is 0.861. The normalized spacial score (nSPS) is 19.7. The van der Waals surface area contributed by atoms with Crippen LogP contribution in [0.4, 0.5) is 0 Å². The zero-order valence-electron chi connectivity index (χ0n) is 8.78. The van der Waals surface area contributed by atoms with E-state index in [0.29, 0.717) is 16.7 Å². The zero-order valence-corrected chi connectivity index (χ0v) is 10.4. The third kappa shape index (κ3) is 3.02. The molecule has 1 aliphatic rings. The van der Waals surface area contributed by atoms with Gasteiger partial charge in [-0.2, -0.15) is 0 Å². The largest absolute Gasteiger partial charge is 0.376 e. The third-order valence-corrected chi connectivity index (χ3v) is 2.94. The third-order valence-electron chi connectivity index (χ3n) is 2.50. The Morgan fingerprint density at radius 3 is 3.25 bits per heavy atom. The summed E-state index contributed by atoms with van der Waals surface area (Å²) in [5.74, 6) is -0.0846. The molecule has 1 saturated heterocycles. The van der Waals surface area contributed by atoms with E-state index in [9.17, 15) is 4.79 Å². The molecule has 86 valence electrons. The molecule has 1 N–H and O–H groups in total. The standard InChI is InChI=1S/C11H13BrN2O2/c12-10-6-8(3-4-13-10)11(15)14-7-9-2-1-5-16-9/h3-4,6,9H,1-2,5,7H2,(H,14,15). The molecule has 5 heteroatoms. The van der Waals surface area contributed by atoms with Gasteiger partial charge in [-0.15, -0.1) is 0 Å². The van der Waals surface area contributed by atoms with E-state index in [1.165, 1.54) is 0 Å². The first kappa shape index (κ1) is 11.5. The fraction of sp³-hybridized carbons (Fsp3) is 0.455. The van der Waals surface area contributed by atoms with Crippen LogP contribution in [0.15, 0.2) is 22.9 Å². The van der Waals surface area contributed by atoms with E-state index in [1.807, 2.05) is 0 Å². The molecular weight excluding hydrogens is 272 g/mol. The molecular formula is C11H13BrN2O2. The van der Waals surface area contributed by atoms with Crippen LogP contribution < -0.4 is 5.32 Å². The number of amides is 1. The second kappa shape index (κ2) is 5.41. The summed E-state index contributed by atoms with van der Waals surface area (Å²) in [4.78, 5) is 15.7. The molecule has 0 aromatic carbocycles. The maximum absolute atomic E-state index is 11.7. The van der Waals surface area contributed by atoms with Gasteiger partial charge in [0.2, 0.25) is 0 Å². The Morgan fingerprint density at radius 1 is 1.69 bits per heavy atom. The average Bonchev–Trinajstić information content (AvgIpc) is 2.78. The summed E-state index contributed by atoms with van der Waals surface area (Å²) >= 11 is 3.23. The predicted octanol–water partition coefficient (Wildman–Crippen LogP) is 1.75. The van der Waals surface area contributed by atoms with Crippen LogP contribution in [0.5, 0.6) is 0 Å². The van der Waals surface area contributed by atoms with Gasteiger partial charge in [-0.25, -0.2) is 4.98 Å². The van der Waals surface area contributed by atoms with Crippen molar-refractivity contribution in [1.29, 1.82) is 0 Å². The fourth-order valence-electron chi connectivity index (χ4n) is 1.66. The molecule has 1 atom stereocenters. The van der Waals surface area contributed by atoms with Crippen molar-refractivity contribution in [3.05, 3.63) is 28.5 Å². The highest BCUT2D eigenvalue weighted by atomic mass is 79.9. The number of rotatable bonds is 3. The molecule has 0 saturated carbocycles. The lowest BCUT2D eigenvalue weighted by Gasteiger charge is -2.10. The Bertz CT molecular complexity index is 378. The van der Waals surface area contributed by atoms with Gasteiger partial charge in [0.05, 0.1) is 6.10 Å². The van der Waals surface area contributed by atoms with Gasteiger partial charge in [0.15, 0.2) is 0 Å². The number of hydrogen-bond donors (Lipinski definition) is 1. The molecule has 2 heterocycles. The van der Waals surface area contributed by atoms with Gasteiger partial charge in [-0.3, -0.25) is 4.79 Å². The lowest BCUT2D eigenvalue weighted by molar-refractivity contribution is 0.0857. The summed E-state index contributed by atoms with van der Waals surface area (Å²) in [6.07, 6.45) is 3.89. The van der Waals surface area contributed by atoms with E-state index in [2.05, 4.69) is 26.2 Å². The maximum Gasteiger partial charge on any atom is 0.251 e. The second-order valence-corrected chi connectivity index (χ2v) is 4.52. The SMILES string of the molecule is O=C(NCC1CCCO1)c1ccnc(Br)c1. The van der Waals surface area contributed by atoms with Gasteiger partial charge in [-0.1, -0.05) is 0 Å². The van der Waals surface area contributed by atoms with Crippen LogP contribution in [-0.4, -0.2) is 30.1 Å². The summed E-state index contributed by atoms with van der Waals surface area (Å²) in [6.45, 7) is 1.39. The van der Waals surface area contributed by atoms with Crippen LogP contribution in [0, 0.1) is 0 Å². The number of aromatic nitrogens is 1. The zero-order chi connectivity index (χ0) is 11.4. The van der Waals surface area contributed by atoms with Crippen LogP contribution in [0.25, 0.3) is 0 Å². The smallest absolute Gasteiger partial charge is 0.251 e. The van der Waals surface area contributed by atoms with Gasteiger partial charge in [0, 0.05) is 24.9 Å². The van der Waals surface area contributed by atoms with Crippen LogP contribution in [-0.2, 0) is 4.74 Å². The van der Waals surface area contributed by atoms with Crippen molar-refractivity contribution in [3.63, 3.8) is 0 Å². The molecule has 1 unspecified atom stereocenters. The Labute approximate surface area is 103 Å². The topological polar surface area (TPSA) is 51.2 Å². The van der Waals surface area contributed by atoms with Crippen molar-refractivity contribution >= 4 is 21.8 Å². The number of hydrogen-bond acceptors (Lipinski definition) is 3. The van der Waals surface area contributed by atoms with E-state index in [-0.39, 0.29) is 12.0 Å². The number of carbonyl (C=O) groups excluding carboxylic acids is 1. The molecule has 0 spiro atoms. The van der Waals surface area contributed by atoms with Gasteiger partial charge in [0.25, 0.3) is 5.91 Å².